The first-order chi connectivity index (χ1) is 16.4. The van der Waals surface area contributed by atoms with Gasteiger partial charge in [0.2, 0.25) is 0 Å². The highest BCUT2D eigenvalue weighted by atomic mass is 32.1. The van der Waals surface area contributed by atoms with Crippen LogP contribution in [-0.2, 0) is 6.54 Å². The number of thiophene rings is 1. The summed E-state index contributed by atoms with van der Waals surface area (Å²) < 4.78 is 0. The number of ketones is 1. The molecule has 2 aromatic carbocycles. The molecule has 2 aromatic heterocycles. The van der Waals surface area contributed by atoms with Gasteiger partial charge in [-0.05, 0) is 69.6 Å². The van der Waals surface area contributed by atoms with Crippen LogP contribution in [-0.4, -0.2) is 38.8 Å². The molecule has 0 atom stereocenters. The van der Waals surface area contributed by atoms with Crippen LogP contribution in [0.2, 0.25) is 0 Å². The molecule has 34 heavy (non-hydrogen) atoms. The average Bonchev–Trinajstić information content (AvgIpc) is 3.16. The Bertz CT molecular complexity index is 1400. The summed E-state index contributed by atoms with van der Waals surface area (Å²) in [6.45, 7) is 6.19. The molecular formula is C27H27N3O3S. The van der Waals surface area contributed by atoms with Crippen molar-refractivity contribution in [3.8, 4) is 16.9 Å². The van der Waals surface area contributed by atoms with E-state index in [4.69, 9.17) is 4.98 Å². The van der Waals surface area contributed by atoms with Crippen LogP contribution >= 0.6 is 11.3 Å². The summed E-state index contributed by atoms with van der Waals surface area (Å²) in [6, 6.07) is 14.7. The molecule has 0 saturated carbocycles. The van der Waals surface area contributed by atoms with Crippen molar-refractivity contribution < 1.29 is 9.90 Å². The second-order valence-electron chi connectivity index (χ2n) is 9.05. The number of aromatic hydroxyl groups is 1. The number of aryl methyl sites for hydroxylation is 2. The minimum atomic E-state index is -0.0997. The Morgan fingerprint density at radius 2 is 1.76 bits per heavy atom. The summed E-state index contributed by atoms with van der Waals surface area (Å²) >= 11 is 1.56. The fourth-order valence-corrected chi connectivity index (χ4v) is 5.80. The lowest BCUT2D eigenvalue weighted by molar-refractivity contribution is 0.0833. The summed E-state index contributed by atoms with van der Waals surface area (Å²) in [6.07, 6.45) is 1.53. The number of aromatic nitrogens is 2. The van der Waals surface area contributed by atoms with Gasteiger partial charge >= 0.3 is 0 Å². The SMILES string of the molecule is Cc1ccc(-c2c(C)sc3nc(CN4CCC(C(=O)c5ccc(O)cc5)CC4)[nH]c(=O)c23)cc1. The first kappa shape index (κ1) is 22.5. The van der Waals surface area contributed by atoms with Gasteiger partial charge in [-0.15, -0.1) is 11.3 Å². The Morgan fingerprint density at radius 3 is 2.44 bits per heavy atom. The zero-order chi connectivity index (χ0) is 23.8. The molecule has 1 aliphatic rings. The Balaban J connectivity index is 1.30. The van der Waals surface area contributed by atoms with Crippen molar-refractivity contribution in [3.63, 3.8) is 0 Å². The lowest BCUT2D eigenvalue weighted by Crippen LogP contribution is -2.36. The number of aromatic amines is 1. The Morgan fingerprint density at radius 1 is 1.09 bits per heavy atom. The molecule has 1 fully saturated rings. The highest BCUT2D eigenvalue weighted by Crippen LogP contribution is 2.35. The molecule has 174 valence electrons. The molecule has 3 heterocycles. The lowest BCUT2D eigenvalue weighted by Gasteiger charge is -2.30. The number of fused-ring (bicyclic) bond motifs is 1. The summed E-state index contributed by atoms with van der Waals surface area (Å²) in [5, 5.41) is 10.1. The van der Waals surface area contributed by atoms with Gasteiger partial charge in [-0.25, -0.2) is 4.98 Å². The van der Waals surface area contributed by atoms with E-state index in [1.165, 1.54) is 5.56 Å². The minimum absolute atomic E-state index is 0.0210. The minimum Gasteiger partial charge on any atom is -0.508 e. The van der Waals surface area contributed by atoms with Crippen LogP contribution in [0.25, 0.3) is 21.3 Å². The van der Waals surface area contributed by atoms with E-state index in [9.17, 15) is 14.7 Å². The summed E-state index contributed by atoms with van der Waals surface area (Å²) in [7, 11) is 0. The van der Waals surface area contributed by atoms with Crippen molar-refractivity contribution in [1.82, 2.24) is 14.9 Å². The first-order valence-electron chi connectivity index (χ1n) is 11.5. The standard InChI is InChI=1S/C27H27N3O3S/c1-16-3-5-18(6-4-16)23-17(2)34-27-24(23)26(33)28-22(29-27)15-30-13-11-20(12-14-30)25(32)19-7-9-21(31)10-8-19/h3-10,20,31H,11-15H2,1-2H3,(H,28,29,33). The highest BCUT2D eigenvalue weighted by Gasteiger charge is 2.26. The Kier molecular flexibility index (Phi) is 6.06. The quantitative estimate of drug-likeness (QED) is 0.395. The number of Topliss-reactive ketones (excluding diaryl/α,β-unsaturated/α-hetero) is 1. The number of hydrogen-bond donors (Lipinski definition) is 2. The summed E-state index contributed by atoms with van der Waals surface area (Å²) in [5.41, 5.74) is 3.73. The van der Waals surface area contributed by atoms with Crippen molar-refractivity contribution in [3.05, 3.63) is 80.7 Å². The van der Waals surface area contributed by atoms with Gasteiger partial charge in [0.1, 0.15) is 16.4 Å². The normalized spacial score (nSPS) is 15.1. The fourth-order valence-electron chi connectivity index (χ4n) is 4.73. The van der Waals surface area contributed by atoms with Crippen LogP contribution in [0.5, 0.6) is 5.75 Å². The van der Waals surface area contributed by atoms with Gasteiger partial charge in [0.15, 0.2) is 5.78 Å². The number of benzene rings is 2. The molecule has 0 amide bonds. The van der Waals surface area contributed by atoms with E-state index in [1.807, 2.05) is 6.92 Å². The molecule has 0 radical (unpaired) electrons. The molecule has 0 bridgehead atoms. The van der Waals surface area contributed by atoms with Crippen molar-refractivity contribution in [2.24, 2.45) is 5.92 Å². The monoisotopic (exact) mass is 473 g/mol. The van der Waals surface area contributed by atoms with E-state index in [-0.39, 0.29) is 23.0 Å². The summed E-state index contributed by atoms with van der Waals surface area (Å²) in [5.74, 6) is 0.937. The average molecular weight is 474 g/mol. The molecule has 2 N–H and O–H groups in total. The first-order valence-corrected chi connectivity index (χ1v) is 12.4. The third-order valence-electron chi connectivity index (χ3n) is 6.61. The zero-order valence-electron chi connectivity index (χ0n) is 19.3. The number of piperidine rings is 1. The molecule has 1 aliphatic heterocycles. The molecule has 4 aromatic rings. The molecular weight excluding hydrogens is 446 g/mol. The third kappa shape index (κ3) is 4.41. The number of nitrogens with zero attached hydrogens (tertiary/aromatic N) is 2. The zero-order valence-corrected chi connectivity index (χ0v) is 20.1. The van der Waals surface area contributed by atoms with Crippen LogP contribution < -0.4 is 5.56 Å². The third-order valence-corrected chi connectivity index (χ3v) is 7.61. The van der Waals surface area contributed by atoms with Gasteiger partial charge in [0.05, 0.1) is 11.9 Å². The van der Waals surface area contributed by atoms with Crippen LogP contribution in [0.15, 0.2) is 53.3 Å². The second kappa shape index (κ2) is 9.16. The second-order valence-corrected chi connectivity index (χ2v) is 10.3. The van der Waals surface area contributed by atoms with E-state index >= 15 is 0 Å². The van der Waals surface area contributed by atoms with Gasteiger partial charge in [-0.1, -0.05) is 29.8 Å². The van der Waals surface area contributed by atoms with E-state index in [0.29, 0.717) is 23.3 Å². The Hall–Kier alpha value is -3.29. The topological polar surface area (TPSA) is 86.3 Å². The predicted molar refractivity (Wildman–Crippen MR) is 136 cm³/mol. The van der Waals surface area contributed by atoms with Crippen LogP contribution in [0.3, 0.4) is 0 Å². The van der Waals surface area contributed by atoms with E-state index < -0.39 is 0 Å². The van der Waals surface area contributed by atoms with Crippen LogP contribution in [0.1, 0.15) is 39.5 Å². The van der Waals surface area contributed by atoms with E-state index in [2.05, 4.69) is 41.1 Å². The number of likely N-dealkylation sites (tertiary alicyclic amines) is 1. The maximum atomic E-state index is 13.1. The number of phenols is 1. The van der Waals surface area contributed by atoms with Crippen molar-refractivity contribution in [1.29, 1.82) is 0 Å². The molecule has 1 saturated heterocycles. The molecule has 0 spiro atoms. The lowest BCUT2D eigenvalue weighted by atomic mass is 9.89. The molecule has 5 rings (SSSR count). The smallest absolute Gasteiger partial charge is 0.260 e. The van der Waals surface area contributed by atoms with E-state index in [1.54, 1.807) is 35.6 Å². The Labute approximate surface area is 201 Å². The maximum absolute atomic E-state index is 13.1. The maximum Gasteiger partial charge on any atom is 0.260 e. The number of carbonyl (C=O) groups is 1. The predicted octanol–water partition coefficient (Wildman–Crippen LogP) is 5.07. The van der Waals surface area contributed by atoms with Gasteiger partial charge in [0.25, 0.3) is 5.56 Å². The molecule has 6 nitrogen and oxygen atoms in total. The molecule has 7 heteroatoms. The van der Waals surface area contributed by atoms with Crippen LogP contribution in [0, 0.1) is 19.8 Å². The number of phenolic OH excluding ortho intramolecular Hbond substituents is 1. The van der Waals surface area contributed by atoms with Gasteiger partial charge in [-0.2, -0.15) is 0 Å². The molecule has 0 aliphatic carbocycles. The van der Waals surface area contributed by atoms with Gasteiger partial charge in [-0.3, -0.25) is 14.5 Å². The number of hydrogen-bond acceptors (Lipinski definition) is 6. The van der Waals surface area contributed by atoms with Crippen LogP contribution in [0.4, 0.5) is 0 Å². The number of nitrogens with one attached hydrogen (secondary N) is 1. The van der Waals surface area contributed by atoms with Crippen molar-refractivity contribution in [2.45, 2.75) is 33.2 Å². The van der Waals surface area contributed by atoms with Crippen molar-refractivity contribution in [2.75, 3.05) is 13.1 Å². The number of rotatable bonds is 5. The fraction of sp³-hybridized carbons (Fsp3) is 0.296. The number of carbonyl (C=O) groups excluding carboxylic acids is 1. The number of H-pyrrole nitrogens is 1. The molecule has 0 unspecified atom stereocenters. The summed E-state index contributed by atoms with van der Waals surface area (Å²) in [4.78, 5) is 37.7. The van der Waals surface area contributed by atoms with Crippen molar-refractivity contribution >= 4 is 27.3 Å². The highest BCUT2D eigenvalue weighted by molar-refractivity contribution is 7.19. The van der Waals surface area contributed by atoms with Gasteiger partial charge in [0, 0.05) is 21.9 Å². The largest absolute Gasteiger partial charge is 0.508 e. The van der Waals surface area contributed by atoms with Gasteiger partial charge < -0.3 is 10.1 Å². The van der Waals surface area contributed by atoms with E-state index in [0.717, 1.165) is 46.8 Å².